The Bertz CT molecular complexity index is 776. The predicted molar refractivity (Wildman–Crippen MR) is 103 cm³/mol. The van der Waals surface area contributed by atoms with E-state index in [2.05, 4.69) is 15.4 Å². The van der Waals surface area contributed by atoms with E-state index in [-0.39, 0.29) is 23.7 Å². The molecule has 180 valence electrons. The first-order chi connectivity index (χ1) is 15.0. The Kier molecular flexibility index (Phi) is 7.13. The lowest BCUT2D eigenvalue weighted by molar-refractivity contribution is -0.321. The minimum absolute atomic E-state index is 0.0891. The van der Waals surface area contributed by atoms with Crippen molar-refractivity contribution in [3.05, 3.63) is 0 Å². The maximum absolute atomic E-state index is 13.0. The molecule has 0 bridgehead atoms. The van der Waals surface area contributed by atoms with Crippen molar-refractivity contribution in [2.45, 2.75) is 57.5 Å². The number of halogens is 3. The number of rotatable bonds is 10. The fourth-order valence-electron chi connectivity index (χ4n) is 4.90. The molecular formula is C20H28F3N3O6. The zero-order valence-corrected chi connectivity index (χ0v) is 17.7. The smallest absolute Gasteiger partial charge is 0.368 e. The van der Waals surface area contributed by atoms with Crippen molar-refractivity contribution in [1.82, 2.24) is 10.6 Å². The quantitative estimate of drug-likeness (QED) is 0.429. The van der Waals surface area contributed by atoms with Gasteiger partial charge in [0.05, 0.1) is 12.6 Å². The van der Waals surface area contributed by atoms with Gasteiger partial charge in [0.1, 0.15) is 12.7 Å². The lowest BCUT2D eigenvalue weighted by Gasteiger charge is -2.24. The number of hydrogen-bond acceptors (Lipinski definition) is 6. The second-order valence-electron chi connectivity index (χ2n) is 8.87. The van der Waals surface area contributed by atoms with E-state index < -0.39 is 54.5 Å². The summed E-state index contributed by atoms with van der Waals surface area (Å²) in [5, 5.41) is 5.17. The molecule has 3 rings (SSSR count). The molecule has 1 spiro atoms. The Morgan fingerprint density at radius 3 is 2.59 bits per heavy atom. The van der Waals surface area contributed by atoms with E-state index in [4.69, 9.17) is 10.5 Å². The molecule has 3 aliphatic rings. The summed E-state index contributed by atoms with van der Waals surface area (Å²) < 4.78 is 46.3. The summed E-state index contributed by atoms with van der Waals surface area (Å²) in [6.07, 6.45) is -3.85. The molecule has 12 heteroatoms. The van der Waals surface area contributed by atoms with Gasteiger partial charge in [0.25, 0.3) is 0 Å². The Balaban J connectivity index is 1.65. The molecule has 2 aliphatic heterocycles. The van der Waals surface area contributed by atoms with Crippen LogP contribution in [0.5, 0.6) is 0 Å². The molecule has 3 unspecified atom stereocenters. The number of ether oxygens (including phenoxy) is 2. The molecule has 6 atom stereocenters. The fraction of sp³-hybridized carbons (Fsp3) is 0.800. The number of nitrogens with one attached hydrogen (secondary N) is 2. The van der Waals surface area contributed by atoms with Gasteiger partial charge in [-0.25, -0.2) is 0 Å². The second-order valence-corrected chi connectivity index (χ2v) is 8.87. The van der Waals surface area contributed by atoms with Crippen molar-refractivity contribution in [3.8, 4) is 0 Å². The van der Waals surface area contributed by atoms with Crippen molar-refractivity contribution in [3.63, 3.8) is 0 Å². The number of amides is 3. The number of primary amides is 1. The molecule has 0 aromatic heterocycles. The largest absolute Gasteiger partial charge is 0.522 e. The van der Waals surface area contributed by atoms with Gasteiger partial charge in [-0.15, -0.1) is 13.2 Å². The minimum atomic E-state index is -4.99. The summed E-state index contributed by atoms with van der Waals surface area (Å²) in [4.78, 5) is 48.8. The van der Waals surface area contributed by atoms with Gasteiger partial charge in [0, 0.05) is 23.8 Å². The van der Waals surface area contributed by atoms with Crippen molar-refractivity contribution < 1.29 is 41.8 Å². The molecule has 2 heterocycles. The number of alkyl halides is 3. The van der Waals surface area contributed by atoms with E-state index in [0.717, 1.165) is 0 Å². The first-order valence-electron chi connectivity index (χ1n) is 10.7. The van der Waals surface area contributed by atoms with Crippen LogP contribution in [0.3, 0.4) is 0 Å². The maximum Gasteiger partial charge on any atom is 0.522 e. The zero-order chi connectivity index (χ0) is 23.7. The molecule has 3 amide bonds. The van der Waals surface area contributed by atoms with Crippen molar-refractivity contribution in [2.75, 3.05) is 19.8 Å². The topological polar surface area (TPSA) is 137 Å². The highest BCUT2D eigenvalue weighted by atomic mass is 19.4. The van der Waals surface area contributed by atoms with E-state index in [1.54, 1.807) is 6.92 Å². The highest BCUT2D eigenvalue weighted by Crippen LogP contribution is 2.63. The minimum Gasteiger partial charge on any atom is -0.368 e. The summed E-state index contributed by atoms with van der Waals surface area (Å²) in [6, 6.07) is -1.28. The number of hydrogen-bond donors (Lipinski definition) is 3. The Hall–Kier alpha value is -2.21. The van der Waals surface area contributed by atoms with Crippen LogP contribution in [0.15, 0.2) is 0 Å². The molecule has 9 nitrogen and oxygen atoms in total. The zero-order valence-electron chi connectivity index (χ0n) is 17.7. The van der Waals surface area contributed by atoms with E-state index in [1.807, 2.05) is 0 Å². The second kappa shape index (κ2) is 9.34. The Labute approximate surface area is 182 Å². The summed E-state index contributed by atoms with van der Waals surface area (Å²) in [5.74, 6) is -3.47. The lowest BCUT2D eigenvalue weighted by atomic mass is 9.89. The average Bonchev–Trinajstić information content (AvgIpc) is 3.00. The molecule has 0 aromatic rings. The van der Waals surface area contributed by atoms with Crippen LogP contribution < -0.4 is 16.4 Å². The number of carbonyl (C=O) groups excluding carboxylic acids is 4. The van der Waals surface area contributed by atoms with E-state index >= 15 is 0 Å². The van der Waals surface area contributed by atoms with Gasteiger partial charge in [-0.2, -0.15) is 0 Å². The highest BCUT2D eigenvalue weighted by molar-refractivity contribution is 5.91. The monoisotopic (exact) mass is 463 g/mol. The van der Waals surface area contributed by atoms with Crippen molar-refractivity contribution >= 4 is 23.5 Å². The van der Waals surface area contributed by atoms with Crippen LogP contribution in [0.1, 0.15) is 39.0 Å². The molecule has 1 aliphatic carbocycles. The Morgan fingerprint density at radius 1 is 1.34 bits per heavy atom. The number of carbonyl (C=O) groups is 4. The molecule has 3 fully saturated rings. The van der Waals surface area contributed by atoms with E-state index in [9.17, 15) is 32.3 Å². The van der Waals surface area contributed by atoms with Gasteiger partial charge in [-0.1, -0.05) is 6.92 Å². The van der Waals surface area contributed by atoms with Crippen LogP contribution in [-0.4, -0.2) is 61.8 Å². The Morgan fingerprint density at radius 2 is 2.06 bits per heavy atom. The molecule has 0 radical (unpaired) electrons. The van der Waals surface area contributed by atoms with Crippen molar-refractivity contribution in [2.24, 2.45) is 28.9 Å². The van der Waals surface area contributed by atoms with Crippen LogP contribution in [-0.2, 0) is 28.7 Å². The van der Waals surface area contributed by atoms with Crippen LogP contribution in [0, 0.1) is 23.2 Å². The normalized spacial score (nSPS) is 31.2. The van der Waals surface area contributed by atoms with E-state index in [1.165, 1.54) is 0 Å². The maximum atomic E-state index is 13.0. The third kappa shape index (κ3) is 5.58. The van der Waals surface area contributed by atoms with Crippen LogP contribution in [0.2, 0.25) is 0 Å². The standard InChI is InChI=1S/C20H28F3N3O6/c1-2-11(12-6-19(12)7-15(16(24)28)31-9-19)18(30)26-13(5-10-3-4-25-17(10)29)14(27)8-32-20(21,22)23/h10-13,15H,2-9H2,1H3,(H2,24,28)(H,25,29)(H,26,30)/t10-,11-,12?,13-,15?,19?/m0/s1. The third-order valence-electron chi connectivity index (χ3n) is 6.76. The van der Waals surface area contributed by atoms with Gasteiger partial charge >= 0.3 is 6.36 Å². The van der Waals surface area contributed by atoms with Crippen LogP contribution in [0.4, 0.5) is 13.2 Å². The molecular weight excluding hydrogens is 435 g/mol. The number of nitrogens with two attached hydrogens (primary N) is 1. The highest BCUT2D eigenvalue weighted by Gasteiger charge is 2.62. The molecule has 32 heavy (non-hydrogen) atoms. The number of Topliss-reactive ketones (excluding diaryl/α,β-unsaturated/α-hetero) is 1. The van der Waals surface area contributed by atoms with Crippen molar-refractivity contribution in [1.29, 1.82) is 0 Å². The van der Waals surface area contributed by atoms with Gasteiger partial charge in [-0.05, 0) is 38.0 Å². The summed E-state index contributed by atoms with van der Waals surface area (Å²) >= 11 is 0. The SMILES string of the molecule is CC[C@H](C(=O)N[C@@H](C[C@@H]1CCNC1=O)C(=O)COC(F)(F)F)C1CC12COC(C(N)=O)C2. The molecule has 2 saturated heterocycles. The predicted octanol–water partition coefficient (Wildman–Crippen LogP) is 0.410. The molecule has 1 saturated carbocycles. The van der Waals surface area contributed by atoms with Gasteiger partial charge in [0.15, 0.2) is 5.78 Å². The van der Waals surface area contributed by atoms with Gasteiger partial charge in [0.2, 0.25) is 17.7 Å². The van der Waals surface area contributed by atoms with Gasteiger partial charge in [-0.3, -0.25) is 23.9 Å². The first kappa shape index (κ1) is 24.4. The summed E-state index contributed by atoms with van der Waals surface area (Å²) in [6.45, 7) is 1.26. The average molecular weight is 463 g/mol. The van der Waals surface area contributed by atoms with E-state index in [0.29, 0.717) is 38.8 Å². The summed E-state index contributed by atoms with van der Waals surface area (Å²) in [5.41, 5.74) is 4.97. The molecule has 4 N–H and O–H groups in total. The van der Waals surface area contributed by atoms with Crippen LogP contribution in [0.25, 0.3) is 0 Å². The first-order valence-corrected chi connectivity index (χ1v) is 10.7. The summed E-state index contributed by atoms with van der Waals surface area (Å²) in [7, 11) is 0. The molecule has 0 aromatic carbocycles. The van der Waals surface area contributed by atoms with Crippen LogP contribution >= 0.6 is 0 Å². The third-order valence-corrected chi connectivity index (χ3v) is 6.76. The lowest BCUT2D eigenvalue weighted by Crippen LogP contribution is -2.47. The fourth-order valence-corrected chi connectivity index (χ4v) is 4.90. The number of ketones is 1. The van der Waals surface area contributed by atoms with Gasteiger partial charge < -0.3 is 21.1 Å².